The van der Waals surface area contributed by atoms with Crippen LogP contribution in [0.25, 0.3) is 0 Å². The highest BCUT2D eigenvalue weighted by Gasteiger charge is 2.58. The molecule has 2 aromatic carbocycles. The fourth-order valence-corrected chi connectivity index (χ4v) is 7.44. The first-order valence-corrected chi connectivity index (χ1v) is 12.6. The number of fused-ring (bicyclic) bond motifs is 3. The van der Waals surface area contributed by atoms with Crippen LogP contribution in [0.2, 0.25) is 0 Å². The van der Waals surface area contributed by atoms with Crippen LogP contribution in [0.4, 0.5) is 0 Å². The van der Waals surface area contributed by atoms with Crippen LogP contribution >= 0.6 is 0 Å². The second-order valence-electron chi connectivity index (χ2n) is 11.4. The minimum atomic E-state index is -0.108. The van der Waals surface area contributed by atoms with Gasteiger partial charge in [0.2, 0.25) is 0 Å². The van der Waals surface area contributed by atoms with Gasteiger partial charge < -0.3 is 15.6 Å². The predicted octanol–water partition coefficient (Wildman–Crippen LogP) is 5.88. The highest BCUT2D eigenvalue weighted by atomic mass is 16.5. The molecular weight excluding hydrogens is 394 g/mol. The largest absolute Gasteiger partial charge is 0.508 e. The van der Waals surface area contributed by atoms with Crippen LogP contribution in [0.5, 0.6) is 5.75 Å². The van der Waals surface area contributed by atoms with Crippen molar-refractivity contribution in [2.75, 3.05) is 0 Å². The van der Waals surface area contributed by atoms with Gasteiger partial charge in [-0.15, -0.1) is 0 Å². The summed E-state index contributed by atoms with van der Waals surface area (Å²) >= 11 is 0. The molecule has 0 spiro atoms. The van der Waals surface area contributed by atoms with Crippen LogP contribution < -0.4 is 5.73 Å². The molecule has 0 amide bonds. The van der Waals surface area contributed by atoms with E-state index in [4.69, 9.17) is 10.5 Å². The van der Waals surface area contributed by atoms with Crippen molar-refractivity contribution in [1.82, 2.24) is 0 Å². The van der Waals surface area contributed by atoms with E-state index in [1.807, 2.05) is 12.1 Å². The Bertz CT molecular complexity index is 909. The molecule has 4 aliphatic rings. The van der Waals surface area contributed by atoms with Gasteiger partial charge >= 0.3 is 0 Å². The van der Waals surface area contributed by atoms with Gasteiger partial charge in [0, 0.05) is 12.0 Å². The lowest BCUT2D eigenvalue weighted by Crippen LogP contribution is -2.66. The molecule has 2 aromatic rings. The van der Waals surface area contributed by atoms with Gasteiger partial charge in [-0.1, -0.05) is 42.5 Å². The van der Waals surface area contributed by atoms with Crippen LogP contribution in [0.1, 0.15) is 63.5 Å². The van der Waals surface area contributed by atoms with E-state index in [-0.39, 0.29) is 17.2 Å². The Morgan fingerprint density at radius 3 is 2.28 bits per heavy atom. The number of benzene rings is 2. The summed E-state index contributed by atoms with van der Waals surface area (Å²) in [7, 11) is 0. The van der Waals surface area contributed by atoms with E-state index in [9.17, 15) is 5.11 Å². The zero-order valence-corrected chi connectivity index (χ0v) is 19.7. The molecule has 6 atom stereocenters. The Balaban J connectivity index is 1.38. The summed E-state index contributed by atoms with van der Waals surface area (Å²) in [6, 6.07) is 19.1. The van der Waals surface area contributed by atoms with Crippen molar-refractivity contribution < 1.29 is 9.84 Å². The van der Waals surface area contributed by atoms with E-state index >= 15 is 0 Å². The summed E-state index contributed by atoms with van der Waals surface area (Å²) in [5, 5.41) is 9.74. The van der Waals surface area contributed by atoms with Crippen LogP contribution in [0, 0.1) is 23.7 Å². The summed E-state index contributed by atoms with van der Waals surface area (Å²) in [4.78, 5) is 0. The molecule has 2 heterocycles. The predicted molar refractivity (Wildman–Crippen MR) is 129 cm³/mol. The molecule has 0 unspecified atom stereocenters. The molecule has 4 fully saturated rings. The van der Waals surface area contributed by atoms with Crippen LogP contribution in [-0.4, -0.2) is 22.4 Å². The summed E-state index contributed by atoms with van der Waals surface area (Å²) in [6.07, 6.45) is 9.35. The van der Waals surface area contributed by atoms with E-state index in [1.165, 1.54) is 43.2 Å². The molecule has 2 bridgehead atoms. The number of phenolic OH excluding ortho intramolecular Hbond substituents is 1. The van der Waals surface area contributed by atoms with Crippen molar-refractivity contribution in [3.63, 3.8) is 0 Å². The van der Waals surface area contributed by atoms with E-state index in [2.05, 4.69) is 56.3 Å². The monoisotopic (exact) mass is 433 g/mol. The normalized spacial score (nSPS) is 36.2. The number of hydrogen-bond acceptors (Lipinski definition) is 3. The number of rotatable bonds is 5. The molecule has 3 heteroatoms. The Labute approximate surface area is 193 Å². The number of ether oxygens (including phenoxy) is 1. The number of nitrogens with two attached hydrogens (primary N) is 1. The van der Waals surface area contributed by atoms with Gasteiger partial charge in [-0.05, 0) is 106 Å². The lowest BCUT2D eigenvalue weighted by atomic mass is 9.57. The van der Waals surface area contributed by atoms with Crippen molar-refractivity contribution in [3.05, 3.63) is 65.7 Å². The third kappa shape index (κ3) is 4.22. The molecule has 172 valence electrons. The molecule has 0 aromatic heterocycles. The average Bonchev–Trinajstić information content (AvgIpc) is 2.76. The van der Waals surface area contributed by atoms with Gasteiger partial charge in [0.25, 0.3) is 0 Å². The van der Waals surface area contributed by atoms with Crippen molar-refractivity contribution in [1.29, 1.82) is 0 Å². The zero-order valence-electron chi connectivity index (χ0n) is 19.7. The van der Waals surface area contributed by atoms with Gasteiger partial charge in [-0.3, -0.25) is 0 Å². The fraction of sp³-hybridized carbons (Fsp3) is 0.586. The van der Waals surface area contributed by atoms with Gasteiger partial charge in [-0.2, -0.15) is 0 Å². The van der Waals surface area contributed by atoms with Gasteiger partial charge in [0.1, 0.15) is 5.75 Å². The molecule has 2 aliphatic carbocycles. The SMILES string of the molecule is CC1(C)O[C@@]2([C@@H]3CC[C@H](Cc4ccccc4)[C@@H](Cc4ccc(O)cc4)C3)CC[C@@H]1[C@H](N)C2. The molecule has 3 N–H and O–H groups in total. The van der Waals surface area contributed by atoms with Gasteiger partial charge in [-0.25, -0.2) is 0 Å². The molecule has 32 heavy (non-hydrogen) atoms. The summed E-state index contributed by atoms with van der Waals surface area (Å²) in [5.41, 5.74) is 9.31. The quantitative estimate of drug-likeness (QED) is 0.619. The lowest BCUT2D eigenvalue weighted by Gasteiger charge is -2.61. The maximum absolute atomic E-state index is 9.74. The molecular formula is C29H39NO2. The molecule has 2 saturated heterocycles. The smallest absolute Gasteiger partial charge is 0.115 e. The number of hydrogen-bond donors (Lipinski definition) is 2. The standard InChI is InChI=1S/C29H39NO2/c1-28(2)26-14-15-29(32-28,19-27(26)30)24-11-10-22(16-20-6-4-3-5-7-20)23(18-24)17-21-8-12-25(31)13-9-21/h3-9,12-13,22-24,26-27,31H,10-11,14-19,30H2,1-2H3/t22-,23+,24-,26-,27-,29+/m1/s1. The molecule has 3 nitrogen and oxygen atoms in total. The first-order chi connectivity index (χ1) is 15.3. The minimum absolute atomic E-state index is 0.0391. The lowest BCUT2D eigenvalue weighted by molar-refractivity contribution is -0.269. The van der Waals surface area contributed by atoms with E-state index in [1.54, 1.807) is 0 Å². The maximum atomic E-state index is 9.74. The minimum Gasteiger partial charge on any atom is -0.508 e. The Hall–Kier alpha value is -1.84. The molecule has 2 aliphatic heterocycles. The topological polar surface area (TPSA) is 55.5 Å². The summed E-state index contributed by atoms with van der Waals surface area (Å²) < 4.78 is 6.92. The van der Waals surface area contributed by atoms with Gasteiger partial charge in [0.05, 0.1) is 11.2 Å². The highest BCUT2D eigenvalue weighted by Crippen LogP contribution is 2.56. The van der Waals surface area contributed by atoms with E-state index in [0.717, 1.165) is 19.3 Å². The van der Waals surface area contributed by atoms with Gasteiger partial charge in [0.15, 0.2) is 0 Å². The third-order valence-electron chi connectivity index (χ3n) is 8.99. The Kier molecular flexibility index (Phi) is 5.84. The average molecular weight is 434 g/mol. The first kappa shape index (κ1) is 22.0. The second-order valence-corrected chi connectivity index (χ2v) is 11.4. The highest BCUT2D eigenvalue weighted by molar-refractivity contribution is 5.26. The van der Waals surface area contributed by atoms with Crippen LogP contribution in [0.3, 0.4) is 0 Å². The molecule has 0 radical (unpaired) electrons. The van der Waals surface area contributed by atoms with Crippen LogP contribution in [0.15, 0.2) is 54.6 Å². The fourth-order valence-electron chi connectivity index (χ4n) is 7.44. The third-order valence-corrected chi connectivity index (χ3v) is 8.99. The van der Waals surface area contributed by atoms with Crippen molar-refractivity contribution in [3.8, 4) is 5.75 Å². The molecule has 2 saturated carbocycles. The second kappa shape index (κ2) is 8.50. The summed E-state index contributed by atoms with van der Waals surface area (Å²) in [6.45, 7) is 4.53. The van der Waals surface area contributed by atoms with Crippen molar-refractivity contribution >= 4 is 0 Å². The van der Waals surface area contributed by atoms with Crippen LogP contribution in [-0.2, 0) is 17.6 Å². The number of aromatic hydroxyl groups is 1. The van der Waals surface area contributed by atoms with Crippen molar-refractivity contribution in [2.45, 2.75) is 82.5 Å². The van der Waals surface area contributed by atoms with Crippen molar-refractivity contribution in [2.24, 2.45) is 29.4 Å². The van der Waals surface area contributed by atoms with E-state index in [0.29, 0.717) is 29.4 Å². The Morgan fingerprint density at radius 2 is 1.59 bits per heavy atom. The molecule has 6 rings (SSSR count). The Morgan fingerprint density at radius 1 is 0.906 bits per heavy atom. The summed E-state index contributed by atoms with van der Waals surface area (Å²) in [5.74, 6) is 2.73. The zero-order chi connectivity index (χ0) is 22.3. The number of phenols is 1. The maximum Gasteiger partial charge on any atom is 0.115 e. The van der Waals surface area contributed by atoms with E-state index < -0.39 is 0 Å². The first-order valence-electron chi connectivity index (χ1n) is 12.6.